The summed E-state index contributed by atoms with van der Waals surface area (Å²) in [5.74, 6) is -0.973. The van der Waals surface area contributed by atoms with Crippen molar-refractivity contribution in [3.05, 3.63) is 22.6 Å². The van der Waals surface area contributed by atoms with Crippen LogP contribution in [0.4, 0.5) is 4.39 Å². The molecule has 0 amide bonds. The predicted molar refractivity (Wildman–Crippen MR) is 44.9 cm³/mol. The van der Waals surface area contributed by atoms with Crippen LogP contribution in [0, 0.1) is 5.82 Å². The number of pyridine rings is 1. The van der Waals surface area contributed by atoms with Crippen molar-refractivity contribution in [2.45, 2.75) is 5.03 Å². The minimum Gasteiger partial charge on any atom is -0.240 e. The third-order valence-corrected chi connectivity index (χ3v) is 2.64. The number of nitrogens with zero attached hydrogens (tertiary/aromatic N) is 1. The molecule has 0 unspecified atom stereocenters. The van der Waals surface area contributed by atoms with Crippen LogP contribution in [-0.4, -0.2) is 13.4 Å². The zero-order valence-corrected chi connectivity index (χ0v) is 8.62. The van der Waals surface area contributed by atoms with E-state index in [1.807, 2.05) is 0 Å². The van der Waals surface area contributed by atoms with E-state index in [4.69, 9.17) is 10.7 Å². The summed E-state index contributed by atoms with van der Waals surface area (Å²) in [5, 5.41) is -0.757. The van der Waals surface area contributed by atoms with Gasteiger partial charge >= 0.3 is 0 Å². The van der Waals surface area contributed by atoms with Crippen LogP contribution in [0.25, 0.3) is 0 Å². The summed E-state index contributed by atoms with van der Waals surface area (Å²) in [7, 11) is 0.786. The smallest absolute Gasteiger partial charge is 0.240 e. The molecule has 0 fully saturated rings. The largest absolute Gasteiger partial charge is 0.281 e. The molecule has 0 atom stereocenters. The van der Waals surface area contributed by atoms with E-state index < -0.39 is 19.9 Å². The molecule has 0 aliphatic carbocycles. The van der Waals surface area contributed by atoms with Crippen molar-refractivity contribution in [1.82, 2.24) is 4.98 Å². The maximum atomic E-state index is 12.8. The van der Waals surface area contributed by atoms with E-state index in [0.717, 1.165) is 12.3 Å². The van der Waals surface area contributed by atoms with Gasteiger partial charge in [-0.3, -0.25) is 0 Å². The topological polar surface area (TPSA) is 47.0 Å². The monoisotopic (exact) mass is 273 g/mol. The van der Waals surface area contributed by atoms with Crippen molar-refractivity contribution in [3.8, 4) is 0 Å². The fourth-order valence-electron chi connectivity index (χ4n) is 0.581. The maximum absolute atomic E-state index is 12.8. The Kier molecular flexibility index (Phi) is 2.70. The summed E-state index contributed by atoms with van der Waals surface area (Å²) in [6.07, 6.45) is 1.15. The first-order valence-electron chi connectivity index (χ1n) is 2.67. The van der Waals surface area contributed by atoms with E-state index in [9.17, 15) is 12.8 Å². The van der Waals surface area contributed by atoms with Crippen LogP contribution >= 0.6 is 26.6 Å². The second-order valence-electron chi connectivity index (χ2n) is 1.88. The van der Waals surface area contributed by atoms with E-state index in [1.54, 1.807) is 0 Å². The first-order valence-corrected chi connectivity index (χ1v) is 5.77. The Morgan fingerprint density at radius 2 is 2.17 bits per heavy atom. The van der Waals surface area contributed by atoms with Crippen LogP contribution in [0.2, 0.25) is 0 Å². The van der Waals surface area contributed by atoms with Gasteiger partial charge in [-0.25, -0.2) is 17.8 Å². The van der Waals surface area contributed by atoms with Crippen LogP contribution in [0.1, 0.15) is 0 Å². The van der Waals surface area contributed by atoms with Crippen molar-refractivity contribution < 1.29 is 12.8 Å². The quantitative estimate of drug-likeness (QED) is 0.735. The highest BCUT2D eigenvalue weighted by molar-refractivity contribution is 9.10. The molecule has 0 saturated carbocycles. The Hall–Kier alpha value is -0.200. The lowest BCUT2D eigenvalue weighted by molar-refractivity contribution is 0.561. The SMILES string of the molecule is O=S(=O)(Cl)c1ncc(Br)cc1F. The molecule has 0 aliphatic heterocycles. The molecule has 0 aliphatic rings. The van der Waals surface area contributed by atoms with E-state index in [-0.39, 0.29) is 0 Å². The second-order valence-corrected chi connectivity index (χ2v) is 5.28. The second kappa shape index (κ2) is 3.27. The number of halogens is 3. The molecule has 0 saturated heterocycles. The molecule has 1 aromatic rings. The average Bonchev–Trinajstić information content (AvgIpc) is 1.83. The highest BCUT2D eigenvalue weighted by atomic mass is 79.9. The zero-order chi connectivity index (χ0) is 9.35. The molecule has 0 bridgehead atoms. The van der Waals surface area contributed by atoms with Crippen molar-refractivity contribution in [3.63, 3.8) is 0 Å². The van der Waals surface area contributed by atoms with Crippen LogP contribution in [0.5, 0.6) is 0 Å². The molecule has 7 heteroatoms. The highest BCUT2D eigenvalue weighted by Gasteiger charge is 2.17. The Morgan fingerprint density at radius 1 is 1.58 bits per heavy atom. The molecule has 0 radical (unpaired) electrons. The van der Waals surface area contributed by atoms with E-state index in [1.165, 1.54) is 0 Å². The summed E-state index contributed by atoms with van der Waals surface area (Å²) >= 11 is 2.92. The fourth-order valence-corrected chi connectivity index (χ4v) is 1.70. The molecule has 1 rings (SSSR count). The zero-order valence-electron chi connectivity index (χ0n) is 5.46. The summed E-state index contributed by atoms with van der Waals surface area (Å²) in [6, 6.07) is 0.974. The number of rotatable bonds is 1. The lowest BCUT2D eigenvalue weighted by atomic mass is 10.5. The standard InChI is InChI=1S/C5H2BrClFNO2S/c6-3-1-4(8)5(9-2-3)12(7,10)11/h1-2H. The van der Waals surface area contributed by atoms with Gasteiger partial charge in [0.15, 0.2) is 5.82 Å². The van der Waals surface area contributed by atoms with E-state index in [2.05, 4.69) is 20.9 Å². The summed E-state index contributed by atoms with van der Waals surface area (Å²) in [6.45, 7) is 0. The van der Waals surface area contributed by atoms with Crippen LogP contribution < -0.4 is 0 Å². The van der Waals surface area contributed by atoms with Gasteiger partial charge in [0.1, 0.15) is 0 Å². The van der Waals surface area contributed by atoms with Gasteiger partial charge in [-0.15, -0.1) is 0 Å². The normalized spacial score (nSPS) is 11.6. The molecule has 66 valence electrons. The maximum Gasteiger partial charge on any atom is 0.281 e. The lowest BCUT2D eigenvalue weighted by Crippen LogP contribution is -1.98. The first-order chi connectivity index (χ1) is 5.41. The number of hydrogen-bond acceptors (Lipinski definition) is 3. The Bertz CT molecular complexity index is 408. The summed E-state index contributed by atoms with van der Waals surface area (Å²) in [4.78, 5) is 3.31. The molecule has 0 spiro atoms. The molecular formula is C5H2BrClFNO2S. The van der Waals surface area contributed by atoms with Gasteiger partial charge in [-0.2, -0.15) is 0 Å². The van der Waals surface area contributed by atoms with Crippen molar-refractivity contribution in [2.75, 3.05) is 0 Å². The predicted octanol–water partition coefficient (Wildman–Crippen LogP) is 1.91. The Morgan fingerprint density at radius 3 is 2.58 bits per heavy atom. The summed E-state index contributed by atoms with van der Waals surface area (Å²) in [5.41, 5.74) is 0. The van der Waals surface area contributed by atoms with Gasteiger partial charge in [-0.05, 0) is 22.0 Å². The first kappa shape index (κ1) is 9.88. The highest BCUT2D eigenvalue weighted by Crippen LogP contribution is 2.18. The van der Waals surface area contributed by atoms with E-state index >= 15 is 0 Å². The van der Waals surface area contributed by atoms with Gasteiger partial charge in [0.2, 0.25) is 5.03 Å². The van der Waals surface area contributed by atoms with Crippen molar-refractivity contribution in [2.24, 2.45) is 0 Å². The van der Waals surface area contributed by atoms with E-state index in [0.29, 0.717) is 4.47 Å². The van der Waals surface area contributed by atoms with Gasteiger partial charge in [0.05, 0.1) is 0 Å². The van der Waals surface area contributed by atoms with Crippen molar-refractivity contribution in [1.29, 1.82) is 0 Å². The third kappa shape index (κ3) is 2.15. The van der Waals surface area contributed by atoms with Gasteiger partial charge < -0.3 is 0 Å². The molecule has 1 aromatic heterocycles. The van der Waals surface area contributed by atoms with Gasteiger partial charge in [0, 0.05) is 21.4 Å². The minimum absolute atomic E-state index is 0.351. The van der Waals surface area contributed by atoms with Crippen LogP contribution in [0.3, 0.4) is 0 Å². The summed E-state index contributed by atoms with van der Waals surface area (Å²) < 4.78 is 34.4. The number of hydrogen-bond donors (Lipinski definition) is 0. The molecule has 12 heavy (non-hydrogen) atoms. The Labute approximate surface area is 81.1 Å². The molecule has 0 N–H and O–H groups in total. The van der Waals surface area contributed by atoms with Crippen molar-refractivity contribution >= 4 is 35.7 Å². The van der Waals surface area contributed by atoms with Gasteiger partial charge in [0.25, 0.3) is 9.05 Å². The molecular weight excluding hydrogens is 272 g/mol. The third-order valence-electron chi connectivity index (χ3n) is 1.01. The van der Waals surface area contributed by atoms with Crippen LogP contribution in [-0.2, 0) is 9.05 Å². The van der Waals surface area contributed by atoms with Crippen LogP contribution in [0.15, 0.2) is 21.8 Å². The lowest BCUT2D eigenvalue weighted by Gasteiger charge is -1.96. The number of aromatic nitrogens is 1. The molecule has 0 aromatic carbocycles. The average molecular weight is 274 g/mol. The fraction of sp³-hybridized carbons (Fsp3) is 0. The molecule has 3 nitrogen and oxygen atoms in total. The molecule has 1 heterocycles. The van der Waals surface area contributed by atoms with Gasteiger partial charge in [-0.1, -0.05) is 0 Å². The minimum atomic E-state index is -4.08. The Balaban J connectivity index is 3.39.